The van der Waals surface area contributed by atoms with Crippen molar-refractivity contribution in [2.24, 2.45) is 0 Å². The number of hydrogen-bond acceptors (Lipinski definition) is 7. The van der Waals surface area contributed by atoms with Gasteiger partial charge in [0.2, 0.25) is 5.75 Å². The van der Waals surface area contributed by atoms with Gasteiger partial charge in [-0.25, -0.2) is 0 Å². The number of carbonyl (C=O) groups excluding carboxylic acids is 1. The van der Waals surface area contributed by atoms with Crippen molar-refractivity contribution in [3.8, 4) is 28.7 Å². The SMILES string of the molecule is CCOc1cc(C(=O)NCC(O)c2ccc3c(c2)OCCO3)cc(OCC)c1OCC. The monoisotopic (exact) mass is 431 g/mol. The van der Waals surface area contributed by atoms with Gasteiger partial charge in [0.15, 0.2) is 23.0 Å². The number of benzene rings is 2. The summed E-state index contributed by atoms with van der Waals surface area (Å²) in [6, 6.07) is 8.46. The Bertz CT molecular complexity index is 872. The molecule has 1 heterocycles. The molecule has 0 saturated heterocycles. The van der Waals surface area contributed by atoms with Crippen LogP contribution < -0.4 is 29.0 Å². The third-order valence-corrected chi connectivity index (χ3v) is 4.58. The van der Waals surface area contributed by atoms with E-state index in [9.17, 15) is 9.90 Å². The summed E-state index contributed by atoms with van der Waals surface area (Å²) in [5.41, 5.74) is 0.978. The van der Waals surface area contributed by atoms with Crippen molar-refractivity contribution in [2.75, 3.05) is 39.6 Å². The van der Waals surface area contributed by atoms with Gasteiger partial charge in [-0.15, -0.1) is 0 Å². The number of hydrogen-bond donors (Lipinski definition) is 2. The molecule has 8 heteroatoms. The summed E-state index contributed by atoms with van der Waals surface area (Å²) in [6.07, 6.45) is -0.903. The Morgan fingerprint density at radius 3 is 2.19 bits per heavy atom. The lowest BCUT2D eigenvalue weighted by atomic mass is 10.1. The van der Waals surface area contributed by atoms with Gasteiger partial charge < -0.3 is 34.1 Å². The molecule has 1 amide bonds. The Labute approximate surface area is 182 Å². The van der Waals surface area contributed by atoms with Crippen LogP contribution in [0.1, 0.15) is 42.8 Å². The van der Waals surface area contributed by atoms with Crippen LogP contribution in [0.25, 0.3) is 0 Å². The standard InChI is InChI=1S/C23H29NO7/c1-4-27-20-12-16(13-21(28-5-2)22(20)29-6-3)23(26)24-14-17(25)15-7-8-18-19(11-15)31-10-9-30-18/h7-8,11-13,17,25H,4-6,9-10,14H2,1-3H3,(H,24,26). The van der Waals surface area contributed by atoms with Crippen LogP contribution in [-0.4, -0.2) is 50.6 Å². The summed E-state index contributed by atoms with van der Waals surface area (Å²) in [6.45, 7) is 7.84. The molecular formula is C23H29NO7. The molecule has 3 rings (SSSR count). The predicted molar refractivity (Wildman–Crippen MR) is 115 cm³/mol. The van der Waals surface area contributed by atoms with Crippen LogP contribution in [0.5, 0.6) is 28.7 Å². The molecule has 1 atom stereocenters. The van der Waals surface area contributed by atoms with Gasteiger partial charge in [-0.3, -0.25) is 4.79 Å². The van der Waals surface area contributed by atoms with Crippen molar-refractivity contribution in [1.82, 2.24) is 5.32 Å². The topological polar surface area (TPSA) is 95.5 Å². The fraction of sp³-hybridized carbons (Fsp3) is 0.435. The Morgan fingerprint density at radius 1 is 0.968 bits per heavy atom. The molecule has 1 aliphatic heterocycles. The maximum atomic E-state index is 12.8. The van der Waals surface area contributed by atoms with Crippen LogP contribution in [0.4, 0.5) is 0 Å². The second-order valence-corrected chi connectivity index (χ2v) is 6.73. The summed E-state index contributed by atoms with van der Waals surface area (Å²) in [4.78, 5) is 12.8. The predicted octanol–water partition coefficient (Wildman–Crippen LogP) is 3.12. The third-order valence-electron chi connectivity index (χ3n) is 4.58. The summed E-state index contributed by atoms with van der Waals surface area (Å²) < 4.78 is 28.0. The van der Waals surface area contributed by atoms with Crippen LogP contribution >= 0.6 is 0 Å². The first-order chi connectivity index (χ1) is 15.1. The Balaban J connectivity index is 1.73. The normalized spacial score (nSPS) is 13.3. The molecule has 0 fully saturated rings. The number of aliphatic hydroxyl groups excluding tert-OH is 1. The van der Waals surface area contributed by atoms with Gasteiger partial charge >= 0.3 is 0 Å². The smallest absolute Gasteiger partial charge is 0.251 e. The van der Waals surface area contributed by atoms with E-state index in [0.29, 0.717) is 72.9 Å². The van der Waals surface area contributed by atoms with Gasteiger partial charge in [-0.1, -0.05) is 6.07 Å². The Morgan fingerprint density at radius 2 is 1.58 bits per heavy atom. The van der Waals surface area contributed by atoms with Crippen molar-refractivity contribution >= 4 is 5.91 Å². The van der Waals surface area contributed by atoms with E-state index >= 15 is 0 Å². The maximum absolute atomic E-state index is 12.8. The van der Waals surface area contributed by atoms with E-state index in [4.69, 9.17) is 23.7 Å². The number of nitrogens with one attached hydrogen (secondary N) is 1. The van der Waals surface area contributed by atoms with Crippen molar-refractivity contribution in [1.29, 1.82) is 0 Å². The molecule has 0 saturated carbocycles. The number of aliphatic hydroxyl groups is 1. The second kappa shape index (κ2) is 10.8. The number of fused-ring (bicyclic) bond motifs is 1. The quantitative estimate of drug-likeness (QED) is 0.597. The Kier molecular flexibility index (Phi) is 7.83. The van der Waals surface area contributed by atoms with Crippen LogP contribution in [0.3, 0.4) is 0 Å². The molecule has 0 aliphatic carbocycles. The molecule has 1 unspecified atom stereocenters. The molecule has 2 N–H and O–H groups in total. The second-order valence-electron chi connectivity index (χ2n) is 6.73. The molecular weight excluding hydrogens is 402 g/mol. The molecule has 31 heavy (non-hydrogen) atoms. The van der Waals surface area contributed by atoms with E-state index in [1.54, 1.807) is 30.3 Å². The van der Waals surface area contributed by atoms with Gasteiger partial charge in [-0.2, -0.15) is 0 Å². The molecule has 8 nitrogen and oxygen atoms in total. The molecule has 168 valence electrons. The lowest BCUT2D eigenvalue weighted by Crippen LogP contribution is -2.28. The molecule has 0 radical (unpaired) electrons. The summed E-state index contributed by atoms with van der Waals surface area (Å²) in [5.74, 6) is 2.22. The number of carbonyl (C=O) groups is 1. The van der Waals surface area contributed by atoms with E-state index in [1.807, 2.05) is 20.8 Å². The number of ether oxygens (including phenoxy) is 5. The minimum atomic E-state index is -0.903. The molecule has 0 aromatic heterocycles. The molecule has 0 bridgehead atoms. The zero-order chi connectivity index (χ0) is 22.2. The fourth-order valence-corrected chi connectivity index (χ4v) is 3.20. The number of amides is 1. The molecule has 0 spiro atoms. The van der Waals surface area contributed by atoms with Crippen molar-refractivity contribution in [3.05, 3.63) is 41.5 Å². The van der Waals surface area contributed by atoms with Gasteiger partial charge in [-0.05, 0) is 50.6 Å². The zero-order valence-electron chi connectivity index (χ0n) is 18.1. The molecule has 2 aromatic rings. The van der Waals surface area contributed by atoms with Crippen molar-refractivity contribution < 1.29 is 33.6 Å². The lowest BCUT2D eigenvalue weighted by molar-refractivity contribution is 0.0914. The highest BCUT2D eigenvalue weighted by Crippen LogP contribution is 2.39. The van der Waals surface area contributed by atoms with Crippen molar-refractivity contribution in [2.45, 2.75) is 26.9 Å². The summed E-state index contributed by atoms with van der Waals surface area (Å²) in [5, 5.41) is 13.3. The van der Waals surface area contributed by atoms with Crippen molar-refractivity contribution in [3.63, 3.8) is 0 Å². The average Bonchev–Trinajstić information content (AvgIpc) is 2.79. The van der Waals surface area contributed by atoms with E-state index in [1.165, 1.54) is 0 Å². The minimum Gasteiger partial charge on any atom is -0.490 e. The first kappa shape index (κ1) is 22.6. The lowest BCUT2D eigenvalue weighted by Gasteiger charge is -2.20. The van der Waals surface area contributed by atoms with E-state index in [2.05, 4.69) is 5.32 Å². The molecule has 1 aliphatic rings. The third kappa shape index (κ3) is 5.52. The highest BCUT2D eigenvalue weighted by Gasteiger charge is 2.20. The van der Waals surface area contributed by atoms with Gasteiger partial charge in [0.05, 0.1) is 25.9 Å². The Hall–Kier alpha value is -3.13. The van der Waals surface area contributed by atoms with Gasteiger partial charge in [0, 0.05) is 12.1 Å². The minimum absolute atomic E-state index is 0.0274. The average molecular weight is 431 g/mol. The number of rotatable bonds is 10. The molecule has 2 aromatic carbocycles. The van der Waals surface area contributed by atoms with Gasteiger partial charge in [0.1, 0.15) is 13.2 Å². The largest absolute Gasteiger partial charge is 0.490 e. The highest BCUT2D eigenvalue weighted by molar-refractivity contribution is 5.95. The fourth-order valence-electron chi connectivity index (χ4n) is 3.20. The first-order valence-electron chi connectivity index (χ1n) is 10.5. The van der Waals surface area contributed by atoms with Crippen LogP contribution in [-0.2, 0) is 0 Å². The van der Waals surface area contributed by atoms with E-state index in [-0.39, 0.29) is 12.5 Å². The van der Waals surface area contributed by atoms with Crippen LogP contribution in [0, 0.1) is 0 Å². The van der Waals surface area contributed by atoms with E-state index in [0.717, 1.165) is 0 Å². The summed E-state index contributed by atoms with van der Waals surface area (Å²) >= 11 is 0. The van der Waals surface area contributed by atoms with Gasteiger partial charge in [0.25, 0.3) is 5.91 Å². The van der Waals surface area contributed by atoms with Crippen LogP contribution in [0.2, 0.25) is 0 Å². The highest BCUT2D eigenvalue weighted by atomic mass is 16.6. The van der Waals surface area contributed by atoms with E-state index < -0.39 is 6.10 Å². The van der Waals surface area contributed by atoms with Crippen LogP contribution in [0.15, 0.2) is 30.3 Å². The first-order valence-corrected chi connectivity index (χ1v) is 10.5. The zero-order valence-corrected chi connectivity index (χ0v) is 18.1. The summed E-state index contributed by atoms with van der Waals surface area (Å²) in [7, 11) is 0. The maximum Gasteiger partial charge on any atom is 0.251 e.